The van der Waals surface area contributed by atoms with Gasteiger partial charge in [0.05, 0.1) is 30.8 Å². The standard InChI is InChI=1S/C18H22N4O3/c1-4-5-10-22(2)16-12-19-15(11-20-16)17(23)21-14-9-7-6-8-13(14)18(24)25-3/h6-9,11-12H,4-5,10H2,1-3H3,(H,21,23). The van der Waals surface area contributed by atoms with Gasteiger partial charge in [0.1, 0.15) is 11.5 Å². The predicted molar refractivity (Wildman–Crippen MR) is 95.9 cm³/mol. The lowest BCUT2D eigenvalue weighted by Crippen LogP contribution is -2.21. The molecule has 2 rings (SSSR count). The van der Waals surface area contributed by atoms with Crippen LogP contribution < -0.4 is 10.2 Å². The van der Waals surface area contributed by atoms with E-state index < -0.39 is 11.9 Å². The lowest BCUT2D eigenvalue weighted by Gasteiger charge is -2.17. The van der Waals surface area contributed by atoms with Gasteiger partial charge in [-0.2, -0.15) is 0 Å². The first-order valence-electron chi connectivity index (χ1n) is 8.08. The molecule has 0 bridgehead atoms. The predicted octanol–water partition coefficient (Wildman–Crippen LogP) is 2.75. The summed E-state index contributed by atoms with van der Waals surface area (Å²) in [6.07, 6.45) is 5.15. The molecule has 0 aliphatic carbocycles. The third-order valence-corrected chi connectivity index (χ3v) is 3.69. The molecule has 2 aromatic rings. The third kappa shape index (κ3) is 4.76. The Morgan fingerprint density at radius 3 is 2.60 bits per heavy atom. The largest absolute Gasteiger partial charge is 0.465 e. The molecule has 1 aromatic heterocycles. The van der Waals surface area contributed by atoms with Gasteiger partial charge in [-0.1, -0.05) is 25.5 Å². The molecular formula is C18H22N4O3. The van der Waals surface area contributed by atoms with Crippen molar-refractivity contribution in [2.75, 3.05) is 30.9 Å². The molecule has 0 aliphatic rings. The van der Waals surface area contributed by atoms with Crippen LogP contribution in [0.1, 0.15) is 40.6 Å². The number of ether oxygens (including phenoxy) is 1. The molecule has 0 radical (unpaired) electrons. The van der Waals surface area contributed by atoms with Crippen molar-refractivity contribution in [1.82, 2.24) is 9.97 Å². The van der Waals surface area contributed by atoms with E-state index in [9.17, 15) is 9.59 Å². The molecule has 1 heterocycles. The molecule has 0 unspecified atom stereocenters. The summed E-state index contributed by atoms with van der Waals surface area (Å²) in [7, 11) is 3.23. The first-order valence-corrected chi connectivity index (χ1v) is 8.08. The van der Waals surface area contributed by atoms with Crippen LogP contribution in [0.3, 0.4) is 0 Å². The van der Waals surface area contributed by atoms with Gasteiger partial charge in [-0.25, -0.2) is 14.8 Å². The number of rotatable bonds is 7. The van der Waals surface area contributed by atoms with Crippen LogP contribution in [0.15, 0.2) is 36.7 Å². The molecule has 1 amide bonds. The maximum atomic E-state index is 12.4. The Labute approximate surface area is 147 Å². The van der Waals surface area contributed by atoms with Crippen molar-refractivity contribution < 1.29 is 14.3 Å². The number of anilines is 2. The van der Waals surface area contributed by atoms with Gasteiger partial charge >= 0.3 is 5.97 Å². The van der Waals surface area contributed by atoms with Crippen molar-refractivity contribution in [3.05, 3.63) is 47.9 Å². The molecule has 25 heavy (non-hydrogen) atoms. The lowest BCUT2D eigenvalue weighted by atomic mass is 10.1. The van der Waals surface area contributed by atoms with Crippen LogP contribution in [0, 0.1) is 0 Å². The van der Waals surface area contributed by atoms with E-state index in [4.69, 9.17) is 4.74 Å². The fraction of sp³-hybridized carbons (Fsp3) is 0.333. The van der Waals surface area contributed by atoms with E-state index in [1.165, 1.54) is 13.3 Å². The van der Waals surface area contributed by atoms with Crippen molar-refractivity contribution in [3.8, 4) is 0 Å². The Kier molecular flexibility index (Phi) is 6.45. The zero-order valence-corrected chi connectivity index (χ0v) is 14.7. The van der Waals surface area contributed by atoms with Gasteiger partial charge in [0.25, 0.3) is 5.91 Å². The van der Waals surface area contributed by atoms with Gasteiger partial charge in [-0.05, 0) is 18.6 Å². The van der Waals surface area contributed by atoms with Gasteiger partial charge in [0, 0.05) is 13.6 Å². The number of esters is 1. The summed E-state index contributed by atoms with van der Waals surface area (Å²) < 4.78 is 4.71. The van der Waals surface area contributed by atoms with Gasteiger partial charge in [0.15, 0.2) is 0 Å². The normalized spacial score (nSPS) is 10.2. The summed E-state index contributed by atoms with van der Waals surface area (Å²) in [6, 6.07) is 6.63. The van der Waals surface area contributed by atoms with Crippen molar-refractivity contribution in [2.45, 2.75) is 19.8 Å². The fourth-order valence-corrected chi connectivity index (χ4v) is 2.21. The number of aromatic nitrogens is 2. The third-order valence-electron chi connectivity index (χ3n) is 3.69. The highest BCUT2D eigenvalue weighted by atomic mass is 16.5. The average Bonchev–Trinajstić information content (AvgIpc) is 2.66. The smallest absolute Gasteiger partial charge is 0.339 e. The van der Waals surface area contributed by atoms with Gasteiger partial charge < -0.3 is 15.0 Å². The molecule has 0 aliphatic heterocycles. The van der Waals surface area contributed by atoms with Crippen molar-refractivity contribution >= 4 is 23.4 Å². The van der Waals surface area contributed by atoms with Crippen LogP contribution in [0.25, 0.3) is 0 Å². The highest BCUT2D eigenvalue weighted by Crippen LogP contribution is 2.17. The second-order valence-corrected chi connectivity index (χ2v) is 5.53. The molecule has 0 fully saturated rings. The number of hydrogen-bond acceptors (Lipinski definition) is 6. The maximum Gasteiger partial charge on any atom is 0.339 e. The molecule has 132 valence electrons. The fourth-order valence-electron chi connectivity index (χ4n) is 2.21. The monoisotopic (exact) mass is 342 g/mol. The molecule has 1 N–H and O–H groups in total. The van der Waals surface area contributed by atoms with Crippen LogP contribution in [-0.4, -0.2) is 42.5 Å². The maximum absolute atomic E-state index is 12.4. The molecule has 0 atom stereocenters. The zero-order valence-electron chi connectivity index (χ0n) is 14.7. The van der Waals surface area contributed by atoms with E-state index in [-0.39, 0.29) is 11.3 Å². The van der Waals surface area contributed by atoms with Gasteiger partial charge in [-0.15, -0.1) is 0 Å². The van der Waals surface area contributed by atoms with E-state index in [1.54, 1.807) is 30.5 Å². The summed E-state index contributed by atoms with van der Waals surface area (Å²) in [5.74, 6) is -0.249. The minimum atomic E-state index is -0.519. The summed E-state index contributed by atoms with van der Waals surface area (Å²) in [4.78, 5) is 34.5. The molecule has 0 saturated heterocycles. The zero-order chi connectivity index (χ0) is 18.2. The number of hydrogen-bond donors (Lipinski definition) is 1. The quantitative estimate of drug-likeness (QED) is 0.779. The highest BCUT2D eigenvalue weighted by molar-refractivity contribution is 6.06. The van der Waals surface area contributed by atoms with Gasteiger partial charge in [-0.3, -0.25) is 4.79 Å². The number of amides is 1. The minimum Gasteiger partial charge on any atom is -0.465 e. The number of benzene rings is 1. The number of unbranched alkanes of at least 4 members (excludes halogenated alkanes) is 1. The van der Waals surface area contributed by atoms with E-state index >= 15 is 0 Å². The molecular weight excluding hydrogens is 320 g/mol. The number of carbonyl (C=O) groups excluding carboxylic acids is 2. The Morgan fingerprint density at radius 2 is 1.96 bits per heavy atom. The molecule has 7 heteroatoms. The Balaban J connectivity index is 2.10. The molecule has 0 saturated carbocycles. The summed E-state index contributed by atoms with van der Waals surface area (Å²) >= 11 is 0. The number of para-hydroxylation sites is 1. The summed E-state index contributed by atoms with van der Waals surface area (Å²) in [5.41, 5.74) is 0.819. The lowest BCUT2D eigenvalue weighted by molar-refractivity contribution is 0.0602. The Morgan fingerprint density at radius 1 is 1.20 bits per heavy atom. The molecule has 1 aromatic carbocycles. The Bertz CT molecular complexity index is 731. The first-order chi connectivity index (χ1) is 12.1. The minimum absolute atomic E-state index is 0.173. The average molecular weight is 342 g/mol. The summed E-state index contributed by atoms with van der Waals surface area (Å²) in [5, 5.41) is 2.67. The van der Waals surface area contributed by atoms with Crippen molar-refractivity contribution in [2.24, 2.45) is 0 Å². The topological polar surface area (TPSA) is 84.4 Å². The van der Waals surface area contributed by atoms with E-state index in [0.29, 0.717) is 11.5 Å². The van der Waals surface area contributed by atoms with E-state index in [1.807, 2.05) is 11.9 Å². The first kappa shape index (κ1) is 18.4. The van der Waals surface area contributed by atoms with Crippen LogP contribution in [0.5, 0.6) is 0 Å². The van der Waals surface area contributed by atoms with Crippen molar-refractivity contribution in [3.63, 3.8) is 0 Å². The molecule has 7 nitrogen and oxygen atoms in total. The van der Waals surface area contributed by atoms with Crippen LogP contribution in [-0.2, 0) is 4.74 Å². The number of methoxy groups -OCH3 is 1. The number of nitrogens with one attached hydrogen (secondary N) is 1. The highest BCUT2D eigenvalue weighted by Gasteiger charge is 2.15. The van der Waals surface area contributed by atoms with Crippen LogP contribution in [0.2, 0.25) is 0 Å². The summed E-state index contributed by atoms with van der Waals surface area (Å²) in [6.45, 7) is 3.00. The van der Waals surface area contributed by atoms with Crippen LogP contribution >= 0.6 is 0 Å². The SMILES string of the molecule is CCCCN(C)c1cnc(C(=O)Nc2ccccc2C(=O)OC)cn1. The van der Waals surface area contributed by atoms with Crippen LogP contribution in [0.4, 0.5) is 11.5 Å². The number of nitrogens with zero attached hydrogens (tertiary/aromatic N) is 3. The van der Waals surface area contributed by atoms with Crippen molar-refractivity contribution in [1.29, 1.82) is 0 Å². The second-order valence-electron chi connectivity index (χ2n) is 5.53. The Hall–Kier alpha value is -2.96. The molecule has 0 spiro atoms. The number of carbonyl (C=O) groups is 2. The van der Waals surface area contributed by atoms with Gasteiger partial charge in [0.2, 0.25) is 0 Å². The van der Waals surface area contributed by atoms with E-state index in [2.05, 4.69) is 22.2 Å². The second kappa shape index (κ2) is 8.77. The van der Waals surface area contributed by atoms with E-state index in [0.717, 1.165) is 19.4 Å².